The van der Waals surface area contributed by atoms with Gasteiger partial charge >= 0.3 is 0 Å². The summed E-state index contributed by atoms with van der Waals surface area (Å²) in [5.74, 6) is 0.726. The molecular weight excluding hydrogens is 252 g/mol. The van der Waals surface area contributed by atoms with Gasteiger partial charge in [-0.2, -0.15) is 0 Å². The molecule has 0 aliphatic heterocycles. The summed E-state index contributed by atoms with van der Waals surface area (Å²) in [6, 6.07) is 11.1. The second-order valence-corrected chi connectivity index (χ2v) is 4.38. The van der Waals surface area contributed by atoms with Crippen LogP contribution < -0.4 is 4.74 Å². The summed E-state index contributed by atoms with van der Waals surface area (Å²) >= 11 is 5.57. The number of methoxy groups -OCH3 is 1. The van der Waals surface area contributed by atoms with Gasteiger partial charge in [0.15, 0.2) is 0 Å². The van der Waals surface area contributed by atoms with Crippen LogP contribution in [0.1, 0.15) is 11.7 Å². The topological polar surface area (TPSA) is 49.7 Å². The van der Waals surface area contributed by atoms with Gasteiger partial charge in [-0.05, 0) is 17.0 Å². The van der Waals surface area contributed by atoms with Crippen LogP contribution in [-0.4, -0.2) is 29.3 Å². The van der Waals surface area contributed by atoms with Crippen LogP contribution in [0.25, 0.3) is 10.8 Å². The van der Waals surface area contributed by atoms with Crippen LogP contribution in [0.3, 0.4) is 0 Å². The quantitative estimate of drug-likeness (QED) is 0.836. The van der Waals surface area contributed by atoms with Gasteiger partial charge in [-0.3, -0.25) is 0 Å². The Morgan fingerprint density at radius 3 is 2.39 bits per heavy atom. The Bertz CT molecular complexity index is 542. The number of halogens is 1. The number of benzene rings is 2. The molecule has 3 nitrogen and oxygen atoms in total. The van der Waals surface area contributed by atoms with E-state index in [0.29, 0.717) is 5.56 Å². The summed E-state index contributed by atoms with van der Waals surface area (Å²) < 4.78 is 5.28. The third kappa shape index (κ3) is 2.29. The maximum absolute atomic E-state index is 10.1. The Morgan fingerprint density at radius 1 is 1.11 bits per heavy atom. The molecule has 2 N–H and O–H groups in total. The molecule has 18 heavy (non-hydrogen) atoms. The van der Waals surface area contributed by atoms with Crippen molar-refractivity contribution in [1.82, 2.24) is 0 Å². The highest BCUT2D eigenvalue weighted by Gasteiger charge is 2.20. The fourth-order valence-corrected chi connectivity index (χ4v) is 2.19. The first-order valence-electron chi connectivity index (χ1n) is 5.66. The van der Waals surface area contributed by atoms with Gasteiger partial charge in [-0.25, -0.2) is 0 Å². The summed E-state index contributed by atoms with van der Waals surface area (Å²) in [4.78, 5) is 0. The number of fused-ring (bicyclic) bond motifs is 1. The molecule has 96 valence electrons. The average molecular weight is 267 g/mol. The zero-order chi connectivity index (χ0) is 13.1. The van der Waals surface area contributed by atoms with Gasteiger partial charge in [0, 0.05) is 5.39 Å². The standard InChI is InChI=1S/C14H15ClO3/c1-18-13-7-6-11(14(17)12(16)8-15)9-4-2-3-5-10(9)13/h2-7,12,14,16-17H,8H2,1H3. The maximum Gasteiger partial charge on any atom is 0.126 e. The van der Waals surface area contributed by atoms with Crippen molar-refractivity contribution in [1.29, 1.82) is 0 Å². The number of rotatable bonds is 4. The highest BCUT2D eigenvalue weighted by Crippen LogP contribution is 2.32. The van der Waals surface area contributed by atoms with Crippen LogP contribution in [0.15, 0.2) is 36.4 Å². The third-order valence-corrected chi connectivity index (χ3v) is 3.30. The molecule has 0 fully saturated rings. The molecule has 0 aliphatic rings. The number of hydrogen-bond acceptors (Lipinski definition) is 3. The minimum absolute atomic E-state index is 0.0124. The molecule has 2 atom stereocenters. The smallest absolute Gasteiger partial charge is 0.126 e. The summed E-state index contributed by atoms with van der Waals surface area (Å²) in [7, 11) is 1.60. The molecule has 0 radical (unpaired) electrons. The lowest BCUT2D eigenvalue weighted by molar-refractivity contribution is 0.0336. The van der Waals surface area contributed by atoms with E-state index in [1.807, 2.05) is 24.3 Å². The molecule has 0 spiro atoms. The molecule has 0 heterocycles. The highest BCUT2D eigenvalue weighted by molar-refractivity contribution is 6.18. The van der Waals surface area contributed by atoms with Crippen molar-refractivity contribution in [2.24, 2.45) is 0 Å². The van der Waals surface area contributed by atoms with E-state index in [1.54, 1.807) is 19.2 Å². The largest absolute Gasteiger partial charge is 0.496 e. The molecule has 0 amide bonds. The molecule has 4 heteroatoms. The molecule has 0 saturated carbocycles. The lowest BCUT2D eigenvalue weighted by Gasteiger charge is -2.18. The molecule has 2 rings (SSSR count). The van der Waals surface area contributed by atoms with Gasteiger partial charge < -0.3 is 14.9 Å². The second kappa shape index (κ2) is 5.57. The summed E-state index contributed by atoms with van der Waals surface area (Å²) in [5.41, 5.74) is 0.652. The minimum Gasteiger partial charge on any atom is -0.496 e. The number of aliphatic hydroxyl groups excluding tert-OH is 2. The van der Waals surface area contributed by atoms with E-state index in [0.717, 1.165) is 16.5 Å². The van der Waals surface area contributed by atoms with Gasteiger partial charge in [0.1, 0.15) is 11.9 Å². The van der Waals surface area contributed by atoms with Crippen LogP contribution in [0.4, 0.5) is 0 Å². The SMILES string of the molecule is COc1ccc(C(O)C(O)CCl)c2ccccc12. The van der Waals surface area contributed by atoms with E-state index in [1.165, 1.54) is 0 Å². The van der Waals surface area contributed by atoms with Crippen LogP contribution >= 0.6 is 11.6 Å². The van der Waals surface area contributed by atoms with Gasteiger partial charge in [0.25, 0.3) is 0 Å². The Hall–Kier alpha value is -1.29. The van der Waals surface area contributed by atoms with Crippen molar-refractivity contribution >= 4 is 22.4 Å². The zero-order valence-electron chi connectivity index (χ0n) is 10.0. The fourth-order valence-electron chi connectivity index (χ4n) is 2.02. The van der Waals surface area contributed by atoms with Gasteiger partial charge in [-0.1, -0.05) is 30.3 Å². The van der Waals surface area contributed by atoms with Gasteiger partial charge in [0.2, 0.25) is 0 Å². The van der Waals surface area contributed by atoms with E-state index in [2.05, 4.69) is 0 Å². The first kappa shape index (κ1) is 13.1. The monoisotopic (exact) mass is 266 g/mol. The Labute approximate surface area is 111 Å². The molecule has 0 saturated heterocycles. The molecular formula is C14H15ClO3. The Kier molecular flexibility index (Phi) is 4.07. The van der Waals surface area contributed by atoms with Crippen LogP contribution in [0.2, 0.25) is 0 Å². The Balaban J connectivity index is 2.59. The van der Waals surface area contributed by atoms with Crippen LogP contribution in [0.5, 0.6) is 5.75 Å². The van der Waals surface area contributed by atoms with Crippen molar-refractivity contribution in [3.05, 3.63) is 42.0 Å². The number of ether oxygens (including phenoxy) is 1. The van der Waals surface area contributed by atoms with Crippen molar-refractivity contribution in [3.8, 4) is 5.75 Å². The van der Waals surface area contributed by atoms with E-state index in [4.69, 9.17) is 16.3 Å². The van der Waals surface area contributed by atoms with Crippen molar-refractivity contribution in [3.63, 3.8) is 0 Å². The van der Waals surface area contributed by atoms with Gasteiger partial charge in [0.05, 0.1) is 19.1 Å². The molecule has 0 aromatic heterocycles. The van der Waals surface area contributed by atoms with E-state index >= 15 is 0 Å². The number of aliphatic hydroxyl groups is 2. The van der Waals surface area contributed by atoms with Crippen molar-refractivity contribution in [2.45, 2.75) is 12.2 Å². The number of alkyl halides is 1. The first-order chi connectivity index (χ1) is 8.69. The second-order valence-electron chi connectivity index (χ2n) is 4.07. The molecule has 2 aromatic rings. The maximum atomic E-state index is 10.1. The third-order valence-electron chi connectivity index (χ3n) is 2.98. The van der Waals surface area contributed by atoms with Crippen molar-refractivity contribution in [2.75, 3.05) is 13.0 Å². The van der Waals surface area contributed by atoms with Crippen LogP contribution in [0, 0.1) is 0 Å². The van der Waals surface area contributed by atoms with Crippen molar-refractivity contribution < 1.29 is 14.9 Å². The number of hydrogen-bond donors (Lipinski definition) is 2. The van der Waals surface area contributed by atoms with E-state index in [9.17, 15) is 10.2 Å². The lowest BCUT2D eigenvalue weighted by Crippen LogP contribution is -2.19. The summed E-state index contributed by atoms with van der Waals surface area (Å²) in [6.07, 6.45) is -1.98. The summed E-state index contributed by atoms with van der Waals surface area (Å²) in [5, 5.41) is 21.5. The minimum atomic E-state index is -1.00. The first-order valence-corrected chi connectivity index (χ1v) is 6.20. The van der Waals surface area contributed by atoms with Gasteiger partial charge in [-0.15, -0.1) is 11.6 Å². The molecule has 0 bridgehead atoms. The lowest BCUT2D eigenvalue weighted by atomic mass is 9.97. The highest BCUT2D eigenvalue weighted by atomic mass is 35.5. The zero-order valence-corrected chi connectivity index (χ0v) is 10.8. The average Bonchev–Trinajstić information content (AvgIpc) is 2.44. The van der Waals surface area contributed by atoms with Crippen LogP contribution in [-0.2, 0) is 0 Å². The Morgan fingerprint density at radius 2 is 1.78 bits per heavy atom. The predicted molar refractivity (Wildman–Crippen MR) is 72.2 cm³/mol. The normalized spacial score (nSPS) is 14.4. The predicted octanol–water partition coefficient (Wildman–Crippen LogP) is 2.48. The van der Waals surface area contributed by atoms with E-state index in [-0.39, 0.29) is 5.88 Å². The molecule has 2 unspecified atom stereocenters. The van der Waals surface area contributed by atoms with E-state index < -0.39 is 12.2 Å². The summed E-state index contributed by atoms with van der Waals surface area (Å²) in [6.45, 7) is 0. The fraction of sp³-hybridized carbons (Fsp3) is 0.286. The molecule has 2 aromatic carbocycles. The molecule has 0 aliphatic carbocycles.